The zero-order chi connectivity index (χ0) is 12.4. The van der Waals surface area contributed by atoms with Gasteiger partial charge in [0.25, 0.3) is 0 Å². The lowest BCUT2D eigenvalue weighted by Gasteiger charge is -2.47. The molecule has 17 heavy (non-hydrogen) atoms. The van der Waals surface area contributed by atoms with Crippen molar-refractivity contribution >= 4 is 0 Å². The van der Waals surface area contributed by atoms with Gasteiger partial charge < -0.3 is 4.85 Å². The van der Waals surface area contributed by atoms with Crippen LogP contribution in [0.1, 0.15) is 53.4 Å². The molecule has 3 aliphatic rings. The predicted octanol–water partition coefficient (Wildman–Crippen LogP) is 4.39. The molecule has 3 bridgehead atoms. The first-order valence-corrected chi connectivity index (χ1v) is 7.29. The third-order valence-electron chi connectivity index (χ3n) is 6.61. The van der Waals surface area contributed by atoms with Crippen molar-refractivity contribution < 1.29 is 0 Å². The van der Waals surface area contributed by atoms with E-state index in [1.54, 1.807) is 0 Å². The Morgan fingerprint density at radius 1 is 1.18 bits per heavy atom. The number of hydrogen-bond donors (Lipinski definition) is 0. The average Bonchev–Trinajstić information content (AvgIpc) is 2.35. The van der Waals surface area contributed by atoms with Gasteiger partial charge in [-0.25, -0.2) is 6.57 Å². The van der Waals surface area contributed by atoms with Gasteiger partial charge in [0.05, 0.1) is 0 Å². The Kier molecular flexibility index (Phi) is 2.23. The summed E-state index contributed by atoms with van der Waals surface area (Å²) in [6, 6.07) is 0. The van der Waals surface area contributed by atoms with Crippen LogP contribution >= 0.6 is 0 Å². The van der Waals surface area contributed by atoms with Crippen LogP contribution in [-0.2, 0) is 0 Å². The molecule has 0 spiro atoms. The Morgan fingerprint density at radius 3 is 2.47 bits per heavy atom. The number of nitrogens with zero attached hydrogens (tertiary/aromatic N) is 1. The zero-order valence-corrected chi connectivity index (χ0v) is 11.7. The van der Waals surface area contributed by atoms with Gasteiger partial charge in [-0.15, -0.1) is 0 Å². The van der Waals surface area contributed by atoms with Crippen LogP contribution in [0.2, 0.25) is 0 Å². The Bertz CT molecular complexity index is 379. The second-order valence-electron chi connectivity index (χ2n) is 7.79. The quantitative estimate of drug-likeness (QED) is 0.589. The van der Waals surface area contributed by atoms with Crippen LogP contribution in [0.5, 0.6) is 0 Å². The van der Waals surface area contributed by atoms with Crippen molar-refractivity contribution in [2.45, 2.75) is 58.9 Å². The molecule has 0 aromatic heterocycles. The van der Waals surface area contributed by atoms with Crippen LogP contribution in [0, 0.1) is 41.6 Å². The van der Waals surface area contributed by atoms with Gasteiger partial charge in [0, 0.05) is 18.8 Å². The van der Waals surface area contributed by atoms with E-state index in [4.69, 9.17) is 6.57 Å². The van der Waals surface area contributed by atoms with Crippen LogP contribution in [0.25, 0.3) is 4.85 Å². The summed E-state index contributed by atoms with van der Waals surface area (Å²) in [5, 5.41) is 0. The molecular formula is C16H25N. The molecule has 0 aromatic rings. The lowest BCUT2D eigenvalue weighted by molar-refractivity contribution is 0.0118. The molecule has 0 aliphatic heterocycles. The molecule has 1 heteroatoms. The highest BCUT2D eigenvalue weighted by molar-refractivity contribution is 5.21. The molecule has 3 aliphatic carbocycles. The van der Waals surface area contributed by atoms with Crippen LogP contribution in [0.4, 0.5) is 0 Å². The predicted molar refractivity (Wildman–Crippen MR) is 70.4 cm³/mol. The molecule has 0 aromatic carbocycles. The van der Waals surface area contributed by atoms with E-state index in [0.717, 1.165) is 17.8 Å². The van der Waals surface area contributed by atoms with Crippen molar-refractivity contribution in [3.63, 3.8) is 0 Å². The Labute approximate surface area is 106 Å². The summed E-state index contributed by atoms with van der Waals surface area (Å²) >= 11 is 0. The van der Waals surface area contributed by atoms with Crippen molar-refractivity contribution in [2.24, 2.45) is 35.0 Å². The molecule has 6 atom stereocenters. The lowest BCUT2D eigenvalue weighted by atomic mass is 9.56. The summed E-state index contributed by atoms with van der Waals surface area (Å²) in [6.07, 6.45) is 5.40. The largest absolute Gasteiger partial charge is 0.310 e. The first-order valence-electron chi connectivity index (χ1n) is 7.29. The Balaban J connectivity index is 2.03. The van der Waals surface area contributed by atoms with Crippen LogP contribution in [0.15, 0.2) is 0 Å². The SMILES string of the molecule is [C-]#[N+][C@]1(C)[C@H]2C[C@@H]3C[C@](C)(C2)[C@@H]1C[C@H]3C(C)C. The van der Waals surface area contributed by atoms with Gasteiger partial charge in [-0.2, -0.15) is 0 Å². The minimum Gasteiger partial charge on any atom is -0.310 e. The molecule has 3 saturated carbocycles. The van der Waals surface area contributed by atoms with E-state index in [1.165, 1.54) is 25.7 Å². The summed E-state index contributed by atoms with van der Waals surface area (Å²) in [5.74, 6) is 3.97. The minimum atomic E-state index is -0.0346. The van der Waals surface area contributed by atoms with E-state index >= 15 is 0 Å². The second-order valence-corrected chi connectivity index (χ2v) is 7.79. The molecule has 0 amide bonds. The molecule has 0 unspecified atom stereocenters. The van der Waals surface area contributed by atoms with Crippen LogP contribution in [-0.4, -0.2) is 5.54 Å². The van der Waals surface area contributed by atoms with Gasteiger partial charge in [0.15, 0.2) is 0 Å². The number of rotatable bonds is 1. The summed E-state index contributed by atoms with van der Waals surface area (Å²) in [6.45, 7) is 17.2. The van der Waals surface area contributed by atoms with Gasteiger partial charge in [0.2, 0.25) is 5.54 Å². The monoisotopic (exact) mass is 231 g/mol. The molecule has 94 valence electrons. The fourth-order valence-electron chi connectivity index (χ4n) is 5.80. The first-order chi connectivity index (χ1) is 7.90. The molecule has 0 heterocycles. The summed E-state index contributed by atoms with van der Waals surface area (Å²) < 4.78 is 0. The van der Waals surface area contributed by atoms with Gasteiger partial charge in [-0.1, -0.05) is 20.8 Å². The fourth-order valence-corrected chi connectivity index (χ4v) is 5.80. The summed E-state index contributed by atoms with van der Waals surface area (Å²) in [7, 11) is 0. The van der Waals surface area contributed by atoms with E-state index in [-0.39, 0.29) is 5.54 Å². The maximum atomic E-state index is 7.69. The standard InChI is InChI=1S/C16H25N/c1-10(2)13-7-14-15(3)8-11(13)6-12(9-15)16(14,4)17-5/h10-14H,6-9H2,1-4H3/t11-,12+,13+,14+,15-,16-/m1/s1. The Morgan fingerprint density at radius 2 is 1.88 bits per heavy atom. The smallest absolute Gasteiger partial charge is 0.235 e. The van der Waals surface area contributed by atoms with Crippen molar-refractivity contribution in [2.75, 3.05) is 0 Å². The van der Waals surface area contributed by atoms with E-state index in [9.17, 15) is 0 Å². The average molecular weight is 231 g/mol. The topological polar surface area (TPSA) is 4.36 Å². The number of fused-ring (bicyclic) bond motifs is 2. The van der Waals surface area contributed by atoms with Crippen molar-refractivity contribution in [1.29, 1.82) is 0 Å². The third kappa shape index (κ3) is 1.30. The van der Waals surface area contributed by atoms with E-state index in [1.807, 2.05) is 0 Å². The van der Waals surface area contributed by atoms with Crippen LogP contribution < -0.4 is 0 Å². The molecule has 1 nitrogen and oxygen atoms in total. The van der Waals surface area contributed by atoms with Crippen molar-refractivity contribution in [3.05, 3.63) is 11.4 Å². The van der Waals surface area contributed by atoms with Crippen molar-refractivity contribution in [1.82, 2.24) is 0 Å². The summed E-state index contributed by atoms with van der Waals surface area (Å²) in [5.41, 5.74) is 0.464. The fraction of sp³-hybridized carbons (Fsp3) is 0.938. The highest BCUT2D eigenvalue weighted by atomic mass is 14.9. The lowest BCUT2D eigenvalue weighted by Crippen LogP contribution is -2.42. The minimum absolute atomic E-state index is 0.0346. The summed E-state index contributed by atoms with van der Waals surface area (Å²) in [4.78, 5) is 4.13. The molecule has 0 radical (unpaired) electrons. The van der Waals surface area contributed by atoms with Gasteiger partial charge >= 0.3 is 0 Å². The van der Waals surface area contributed by atoms with Gasteiger partial charge in [0.1, 0.15) is 0 Å². The second kappa shape index (κ2) is 3.28. The molecule has 0 N–H and O–H groups in total. The zero-order valence-electron chi connectivity index (χ0n) is 11.7. The highest BCUT2D eigenvalue weighted by Crippen LogP contribution is 2.69. The number of hydrogen-bond acceptors (Lipinski definition) is 0. The first kappa shape index (κ1) is 11.6. The molecule has 3 rings (SSSR count). The highest BCUT2D eigenvalue weighted by Gasteiger charge is 2.69. The van der Waals surface area contributed by atoms with Crippen molar-refractivity contribution in [3.8, 4) is 0 Å². The molecular weight excluding hydrogens is 206 g/mol. The normalized spacial score (nSPS) is 56.2. The maximum absolute atomic E-state index is 7.69. The van der Waals surface area contributed by atoms with E-state index < -0.39 is 0 Å². The van der Waals surface area contributed by atoms with E-state index in [2.05, 4.69) is 32.5 Å². The van der Waals surface area contributed by atoms with Crippen LogP contribution in [0.3, 0.4) is 0 Å². The maximum Gasteiger partial charge on any atom is 0.235 e. The van der Waals surface area contributed by atoms with E-state index in [0.29, 0.717) is 17.3 Å². The van der Waals surface area contributed by atoms with Gasteiger partial charge in [-0.3, -0.25) is 0 Å². The molecule has 0 saturated heterocycles. The van der Waals surface area contributed by atoms with Gasteiger partial charge in [-0.05, 0) is 48.9 Å². The Hall–Kier alpha value is -0.510. The third-order valence-corrected chi connectivity index (χ3v) is 6.61. The molecule has 3 fully saturated rings.